The van der Waals surface area contributed by atoms with Crippen molar-refractivity contribution in [1.82, 2.24) is 10.0 Å². The summed E-state index contributed by atoms with van der Waals surface area (Å²) in [6, 6.07) is 5.27. The number of amides is 1. The molecule has 0 unspecified atom stereocenters. The molecule has 0 aliphatic heterocycles. The van der Waals surface area contributed by atoms with E-state index >= 15 is 0 Å². The quantitative estimate of drug-likeness (QED) is 0.618. The van der Waals surface area contributed by atoms with Gasteiger partial charge in [-0.3, -0.25) is 9.63 Å². The summed E-state index contributed by atoms with van der Waals surface area (Å²) >= 11 is 0. The van der Waals surface area contributed by atoms with Crippen LogP contribution in [-0.2, 0) is 16.2 Å². The minimum Gasteiger partial charge on any atom is -0.384 e. The molecule has 5 nitrogen and oxygen atoms in total. The Labute approximate surface area is 95.2 Å². The van der Waals surface area contributed by atoms with E-state index in [0.717, 1.165) is 0 Å². The normalized spacial score (nSPS) is 11.2. The number of hydroxylamine groups is 2. The van der Waals surface area contributed by atoms with Crippen LogP contribution in [0.4, 0.5) is 5.82 Å². The van der Waals surface area contributed by atoms with Gasteiger partial charge in [-0.25, -0.2) is 10.0 Å². The second-order valence-electron chi connectivity index (χ2n) is 4.44. The molecule has 0 atom stereocenters. The molecule has 2 N–H and O–H groups in total. The van der Waals surface area contributed by atoms with Gasteiger partial charge in [0.2, 0.25) is 6.41 Å². The van der Waals surface area contributed by atoms with Gasteiger partial charge in [0.05, 0.1) is 17.8 Å². The lowest BCUT2D eigenvalue weighted by molar-refractivity contribution is -0.220. The topological polar surface area (TPSA) is 68.5 Å². The van der Waals surface area contributed by atoms with Gasteiger partial charge in [-0.1, -0.05) is 6.07 Å². The van der Waals surface area contributed by atoms with E-state index in [-0.39, 0.29) is 6.54 Å². The smallest absolute Gasteiger partial charge is 0.233 e. The van der Waals surface area contributed by atoms with Crippen molar-refractivity contribution in [3.63, 3.8) is 0 Å². The maximum atomic E-state index is 10.8. The second-order valence-corrected chi connectivity index (χ2v) is 4.44. The lowest BCUT2D eigenvalue weighted by Gasteiger charge is -2.26. The van der Waals surface area contributed by atoms with E-state index in [0.29, 0.717) is 17.9 Å². The third-order valence-corrected chi connectivity index (χ3v) is 1.65. The second kappa shape index (κ2) is 4.94. The van der Waals surface area contributed by atoms with Gasteiger partial charge in [0.1, 0.15) is 5.82 Å². The molecular weight excluding hydrogens is 206 g/mol. The van der Waals surface area contributed by atoms with Crippen LogP contribution in [0.1, 0.15) is 26.5 Å². The van der Waals surface area contributed by atoms with Crippen molar-refractivity contribution in [2.24, 2.45) is 0 Å². The van der Waals surface area contributed by atoms with Crippen molar-refractivity contribution in [1.29, 1.82) is 0 Å². The van der Waals surface area contributed by atoms with Gasteiger partial charge in [-0.05, 0) is 32.9 Å². The number of anilines is 1. The first-order valence-electron chi connectivity index (χ1n) is 5.03. The number of aromatic nitrogens is 1. The first kappa shape index (κ1) is 12.4. The van der Waals surface area contributed by atoms with Gasteiger partial charge in [-0.2, -0.15) is 0 Å². The molecule has 1 rings (SSSR count). The third-order valence-electron chi connectivity index (χ3n) is 1.65. The molecule has 0 radical (unpaired) electrons. The Morgan fingerprint density at radius 3 is 2.69 bits per heavy atom. The van der Waals surface area contributed by atoms with Crippen LogP contribution in [0.25, 0.3) is 0 Å². The standard InChI is InChI=1S/C11H17N3O2/c1-11(2,3)16-14(8-15)7-9-5-4-6-10(12)13-9/h4-6,8H,7H2,1-3H3,(H2,12,13). The molecule has 0 aliphatic rings. The molecule has 0 aromatic carbocycles. The van der Waals surface area contributed by atoms with Gasteiger partial charge in [0.25, 0.3) is 0 Å². The van der Waals surface area contributed by atoms with Crippen LogP contribution in [0.5, 0.6) is 0 Å². The number of carbonyl (C=O) groups excluding carboxylic acids is 1. The highest BCUT2D eigenvalue weighted by Crippen LogP contribution is 2.11. The molecule has 0 spiro atoms. The average molecular weight is 223 g/mol. The number of carbonyl (C=O) groups is 1. The third kappa shape index (κ3) is 4.27. The number of hydrogen-bond donors (Lipinski definition) is 1. The molecule has 1 heterocycles. The maximum Gasteiger partial charge on any atom is 0.233 e. The van der Waals surface area contributed by atoms with Crippen molar-refractivity contribution in [2.45, 2.75) is 32.9 Å². The Morgan fingerprint density at radius 2 is 2.19 bits per heavy atom. The van der Waals surface area contributed by atoms with E-state index < -0.39 is 5.60 Å². The lowest BCUT2D eigenvalue weighted by Crippen LogP contribution is -2.32. The molecule has 5 heteroatoms. The zero-order valence-corrected chi connectivity index (χ0v) is 9.80. The number of nitrogen functional groups attached to an aromatic ring is 1. The number of rotatable bonds is 4. The predicted molar refractivity (Wildman–Crippen MR) is 61.1 cm³/mol. The molecule has 0 bridgehead atoms. The largest absolute Gasteiger partial charge is 0.384 e. The molecule has 1 aromatic heterocycles. The van der Waals surface area contributed by atoms with E-state index in [2.05, 4.69) is 4.98 Å². The summed E-state index contributed by atoms with van der Waals surface area (Å²) in [5, 5.41) is 1.21. The van der Waals surface area contributed by atoms with Crippen LogP contribution in [0, 0.1) is 0 Å². The number of nitrogens with zero attached hydrogens (tertiary/aromatic N) is 2. The van der Waals surface area contributed by atoms with Gasteiger partial charge < -0.3 is 5.73 Å². The van der Waals surface area contributed by atoms with Crippen molar-refractivity contribution in [3.05, 3.63) is 23.9 Å². The Morgan fingerprint density at radius 1 is 1.50 bits per heavy atom. The van der Waals surface area contributed by atoms with E-state index in [9.17, 15) is 4.79 Å². The Hall–Kier alpha value is -1.62. The molecule has 1 aromatic rings. The summed E-state index contributed by atoms with van der Waals surface area (Å²) in [6.07, 6.45) is 0.635. The number of pyridine rings is 1. The Bertz CT molecular complexity index is 360. The van der Waals surface area contributed by atoms with Gasteiger partial charge in [0, 0.05) is 0 Å². The fourth-order valence-electron chi connectivity index (χ4n) is 1.19. The SMILES string of the molecule is CC(C)(C)ON(C=O)Cc1cccc(N)n1. The number of nitrogens with two attached hydrogens (primary N) is 1. The maximum absolute atomic E-state index is 10.8. The fraction of sp³-hybridized carbons (Fsp3) is 0.455. The molecule has 88 valence electrons. The summed E-state index contributed by atoms with van der Waals surface area (Å²) in [5.74, 6) is 0.430. The zero-order valence-electron chi connectivity index (χ0n) is 9.80. The highest BCUT2D eigenvalue weighted by molar-refractivity contribution is 5.45. The zero-order chi connectivity index (χ0) is 12.2. The molecule has 0 aliphatic carbocycles. The van der Waals surface area contributed by atoms with Crippen LogP contribution in [0.2, 0.25) is 0 Å². The molecule has 0 saturated heterocycles. The lowest BCUT2D eigenvalue weighted by atomic mass is 10.2. The fourth-order valence-corrected chi connectivity index (χ4v) is 1.19. The predicted octanol–water partition coefficient (Wildman–Crippen LogP) is 1.35. The summed E-state index contributed by atoms with van der Waals surface area (Å²) in [6.45, 7) is 5.90. The van der Waals surface area contributed by atoms with Crippen molar-refractivity contribution in [2.75, 3.05) is 5.73 Å². The minimum absolute atomic E-state index is 0.284. The summed E-state index contributed by atoms with van der Waals surface area (Å²) in [4.78, 5) is 20.3. The first-order chi connectivity index (χ1) is 7.40. The monoisotopic (exact) mass is 223 g/mol. The van der Waals surface area contributed by atoms with Crippen LogP contribution in [0.3, 0.4) is 0 Å². The Balaban J connectivity index is 2.67. The van der Waals surface area contributed by atoms with Crippen LogP contribution in [-0.4, -0.2) is 22.1 Å². The van der Waals surface area contributed by atoms with Crippen LogP contribution in [0.15, 0.2) is 18.2 Å². The molecule has 0 fully saturated rings. The van der Waals surface area contributed by atoms with Crippen molar-refractivity contribution >= 4 is 12.2 Å². The molecule has 0 saturated carbocycles. The molecule has 16 heavy (non-hydrogen) atoms. The summed E-state index contributed by atoms with van der Waals surface area (Å²) in [5.41, 5.74) is 5.82. The van der Waals surface area contributed by atoms with Gasteiger partial charge >= 0.3 is 0 Å². The van der Waals surface area contributed by atoms with E-state index in [4.69, 9.17) is 10.6 Å². The number of hydrogen-bond acceptors (Lipinski definition) is 4. The molecular formula is C11H17N3O2. The van der Waals surface area contributed by atoms with Crippen molar-refractivity contribution < 1.29 is 9.63 Å². The first-order valence-corrected chi connectivity index (χ1v) is 5.03. The van der Waals surface area contributed by atoms with Crippen LogP contribution >= 0.6 is 0 Å². The van der Waals surface area contributed by atoms with Gasteiger partial charge in [-0.15, -0.1) is 0 Å². The highest BCUT2D eigenvalue weighted by Gasteiger charge is 2.16. The average Bonchev–Trinajstić information content (AvgIpc) is 2.14. The molecule has 1 amide bonds. The Kier molecular flexibility index (Phi) is 3.84. The highest BCUT2D eigenvalue weighted by atomic mass is 16.7. The van der Waals surface area contributed by atoms with E-state index in [1.54, 1.807) is 18.2 Å². The van der Waals surface area contributed by atoms with Crippen molar-refractivity contribution in [3.8, 4) is 0 Å². The van der Waals surface area contributed by atoms with E-state index in [1.165, 1.54) is 5.06 Å². The summed E-state index contributed by atoms with van der Waals surface area (Å²) < 4.78 is 0. The van der Waals surface area contributed by atoms with E-state index in [1.807, 2.05) is 20.8 Å². The minimum atomic E-state index is -0.415. The summed E-state index contributed by atoms with van der Waals surface area (Å²) in [7, 11) is 0. The van der Waals surface area contributed by atoms with Crippen LogP contribution < -0.4 is 5.73 Å². The van der Waals surface area contributed by atoms with Gasteiger partial charge in [0.15, 0.2) is 0 Å².